The van der Waals surface area contributed by atoms with E-state index in [1.165, 1.54) is 6.26 Å². The smallest absolute Gasteiger partial charge is 0.175 e. The Morgan fingerprint density at radius 2 is 1.86 bits per heavy atom. The maximum absolute atomic E-state index is 11.8. The van der Waals surface area contributed by atoms with Crippen LogP contribution in [0.25, 0.3) is 0 Å². The number of benzene rings is 2. The van der Waals surface area contributed by atoms with E-state index in [9.17, 15) is 8.42 Å². The molecule has 0 bridgehead atoms. The lowest BCUT2D eigenvalue weighted by Crippen LogP contribution is -2.05. The molecule has 6 nitrogen and oxygen atoms in total. The van der Waals surface area contributed by atoms with Crippen molar-refractivity contribution in [1.82, 2.24) is 4.98 Å². The van der Waals surface area contributed by atoms with Gasteiger partial charge >= 0.3 is 0 Å². The van der Waals surface area contributed by atoms with Crippen molar-refractivity contribution in [2.75, 3.05) is 23.4 Å². The van der Waals surface area contributed by atoms with Gasteiger partial charge in [0.1, 0.15) is 5.82 Å². The summed E-state index contributed by atoms with van der Waals surface area (Å²) in [5.41, 5.74) is 5.80. The van der Waals surface area contributed by atoms with E-state index in [1.54, 1.807) is 24.4 Å². The fourth-order valence-corrected chi connectivity index (χ4v) is 4.00. The summed E-state index contributed by atoms with van der Waals surface area (Å²) in [6.45, 7) is 3.49. The van der Waals surface area contributed by atoms with Crippen LogP contribution in [0, 0.1) is 0 Å². The van der Waals surface area contributed by atoms with Crippen LogP contribution >= 0.6 is 0 Å². The second-order valence-corrected chi connectivity index (χ2v) is 8.94. The zero-order valence-electron chi connectivity index (χ0n) is 16.3. The Labute approximate surface area is 170 Å². The van der Waals surface area contributed by atoms with Gasteiger partial charge in [0.05, 0.1) is 17.2 Å². The fourth-order valence-electron chi connectivity index (χ4n) is 3.34. The first-order valence-electron chi connectivity index (χ1n) is 9.39. The van der Waals surface area contributed by atoms with E-state index in [1.807, 2.05) is 31.2 Å². The molecule has 0 radical (unpaired) electrons. The Morgan fingerprint density at radius 1 is 1.03 bits per heavy atom. The van der Waals surface area contributed by atoms with Crippen molar-refractivity contribution < 1.29 is 8.42 Å². The van der Waals surface area contributed by atoms with Crippen LogP contribution in [0.5, 0.6) is 0 Å². The van der Waals surface area contributed by atoms with Crippen LogP contribution < -0.4 is 10.6 Å². The van der Waals surface area contributed by atoms with E-state index in [4.69, 9.17) is 4.99 Å². The van der Waals surface area contributed by atoms with Crippen LogP contribution in [0.15, 0.2) is 70.7 Å². The number of nitrogens with zero attached hydrogens (tertiary/aromatic N) is 2. The summed E-state index contributed by atoms with van der Waals surface area (Å²) in [4.78, 5) is 9.34. The first kappa shape index (κ1) is 19.1. The van der Waals surface area contributed by atoms with Gasteiger partial charge in [0.2, 0.25) is 0 Å². The van der Waals surface area contributed by atoms with E-state index in [-0.39, 0.29) is 0 Å². The topological polar surface area (TPSA) is 83.5 Å². The summed E-state index contributed by atoms with van der Waals surface area (Å²) in [5.74, 6) is 0.827. The van der Waals surface area contributed by atoms with Crippen LogP contribution in [-0.2, 0) is 16.4 Å². The highest BCUT2D eigenvalue weighted by Crippen LogP contribution is 2.28. The second kappa shape index (κ2) is 7.67. The molecule has 148 valence electrons. The highest BCUT2D eigenvalue weighted by atomic mass is 32.2. The van der Waals surface area contributed by atoms with Crippen molar-refractivity contribution in [3.8, 4) is 0 Å². The molecule has 2 aromatic carbocycles. The lowest BCUT2D eigenvalue weighted by atomic mass is 10.00. The zero-order valence-corrected chi connectivity index (χ0v) is 17.1. The van der Waals surface area contributed by atoms with E-state index < -0.39 is 9.84 Å². The third-order valence-corrected chi connectivity index (χ3v) is 5.82. The number of hydrogen-bond donors (Lipinski definition) is 2. The predicted molar refractivity (Wildman–Crippen MR) is 117 cm³/mol. The average Bonchev–Trinajstić information content (AvgIpc) is 3.11. The number of anilines is 3. The Kier molecular flexibility index (Phi) is 5.07. The Hall–Kier alpha value is -3.19. The normalized spacial score (nSPS) is 13.0. The van der Waals surface area contributed by atoms with Crippen molar-refractivity contribution >= 4 is 32.7 Å². The summed E-state index contributed by atoms with van der Waals surface area (Å²) < 4.78 is 23.6. The van der Waals surface area contributed by atoms with E-state index in [0.29, 0.717) is 11.4 Å². The molecule has 0 saturated heterocycles. The van der Waals surface area contributed by atoms with Gasteiger partial charge in [0.25, 0.3) is 0 Å². The molecule has 1 aliphatic heterocycles. The molecule has 0 aliphatic carbocycles. The molecule has 1 aromatic heterocycles. The van der Waals surface area contributed by atoms with Crippen molar-refractivity contribution in [2.24, 2.45) is 4.99 Å². The number of nitrogens with one attached hydrogen (secondary N) is 2. The van der Waals surface area contributed by atoms with Crippen LogP contribution in [-0.4, -0.2) is 31.9 Å². The summed E-state index contributed by atoms with van der Waals surface area (Å²) in [7, 11) is -3.25. The van der Waals surface area contributed by atoms with E-state index >= 15 is 0 Å². The molecule has 3 aromatic rings. The standard InChI is InChI=1S/C22H22N4O2S/c1-3-23-21-11-15(9-10-24-21)22-20-13-18(8-7-16(20)14-25-22)26-17-5-4-6-19(12-17)29(2,27)28/h4-13,26H,3,14H2,1-2H3,(H,23,24). The molecule has 29 heavy (non-hydrogen) atoms. The van der Waals surface area contributed by atoms with Crippen LogP contribution in [0.2, 0.25) is 0 Å². The van der Waals surface area contributed by atoms with Crippen molar-refractivity contribution in [3.63, 3.8) is 0 Å². The lowest BCUT2D eigenvalue weighted by Gasteiger charge is -2.11. The van der Waals surface area contributed by atoms with Gasteiger partial charge < -0.3 is 10.6 Å². The molecule has 2 heterocycles. The van der Waals surface area contributed by atoms with Gasteiger partial charge in [0.15, 0.2) is 9.84 Å². The molecule has 4 rings (SSSR count). The molecule has 0 fully saturated rings. The van der Waals surface area contributed by atoms with Gasteiger partial charge in [-0.25, -0.2) is 13.4 Å². The predicted octanol–water partition coefficient (Wildman–Crippen LogP) is 4.01. The molecule has 0 unspecified atom stereocenters. The summed E-state index contributed by atoms with van der Waals surface area (Å²) in [6.07, 6.45) is 2.99. The van der Waals surface area contributed by atoms with Crippen LogP contribution in [0.3, 0.4) is 0 Å². The molecule has 0 spiro atoms. The first-order valence-corrected chi connectivity index (χ1v) is 11.3. The maximum Gasteiger partial charge on any atom is 0.175 e. The molecular formula is C22H22N4O2S. The van der Waals surface area contributed by atoms with Crippen molar-refractivity contribution in [2.45, 2.75) is 18.4 Å². The average molecular weight is 407 g/mol. The monoisotopic (exact) mass is 406 g/mol. The van der Waals surface area contributed by atoms with Gasteiger partial charge in [0, 0.05) is 41.5 Å². The minimum absolute atomic E-state index is 0.290. The third kappa shape index (κ3) is 4.14. The summed E-state index contributed by atoms with van der Waals surface area (Å²) >= 11 is 0. The minimum atomic E-state index is -3.25. The first-order chi connectivity index (χ1) is 13.9. The van der Waals surface area contributed by atoms with E-state index in [2.05, 4.69) is 27.8 Å². The van der Waals surface area contributed by atoms with Gasteiger partial charge in [-0.3, -0.25) is 4.99 Å². The summed E-state index contributed by atoms with van der Waals surface area (Å²) in [6, 6.07) is 16.9. The number of aliphatic imine (C=N–C) groups is 1. The molecule has 1 aliphatic rings. The fraction of sp³-hybridized carbons (Fsp3) is 0.182. The molecular weight excluding hydrogens is 384 g/mol. The Bertz CT molecular complexity index is 1200. The van der Waals surface area contributed by atoms with Gasteiger partial charge in [-0.15, -0.1) is 0 Å². The van der Waals surface area contributed by atoms with Crippen LogP contribution in [0.1, 0.15) is 23.6 Å². The lowest BCUT2D eigenvalue weighted by molar-refractivity contribution is 0.602. The third-order valence-electron chi connectivity index (χ3n) is 4.71. The Morgan fingerprint density at radius 3 is 2.66 bits per heavy atom. The largest absolute Gasteiger partial charge is 0.370 e. The van der Waals surface area contributed by atoms with Gasteiger partial charge in [-0.2, -0.15) is 0 Å². The quantitative estimate of drug-likeness (QED) is 0.646. The highest BCUT2D eigenvalue weighted by Gasteiger charge is 2.18. The Balaban J connectivity index is 1.64. The number of pyridine rings is 1. The van der Waals surface area contributed by atoms with Gasteiger partial charge in [-0.1, -0.05) is 12.1 Å². The zero-order chi connectivity index (χ0) is 20.4. The van der Waals surface area contributed by atoms with Crippen molar-refractivity contribution in [1.29, 1.82) is 0 Å². The highest BCUT2D eigenvalue weighted by molar-refractivity contribution is 7.90. The molecule has 0 amide bonds. The van der Waals surface area contributed by atoms with Crippen LogP contribution in [0.4, 0.5) is 17.2 Å². The number of sulfone groups is 1. The second-order valence-electron chi connectivity index (χ2n) is 6.92. The molecule has 0 saturated carbocycles. The number of fused-ring (bicyclic) bond motifs is 1. The number of rotatable bonds is 6. The molecule has 7 heteroatoms. The molecule has 2 N–H and O–H groups in total. The SMILES string of the molecule is CCNc1cc(C2=NCc3ccc(Nc4cccc(S(C)(=O)=O)c4)cc32)ccn1. The summed E-state index contributed by atoms with van der Waals surface area (Å²) in [5, 5.41) is 6.53. The van der Waals surface area contributed by atoms with Gasteiger partial charge in [-0.05, 0) is 55.0 Å². The number of hydrogen-bond acceptors (Lipinski definition) is 6. The molecule has 0 atom stereocenters. The van der Waals surface area contributed by atoms with Crippen molar-refractivity contribution in [3.05, 3.63) is 77.5 Å². The maximum atomic E-state index is 11.8. The minimum Gasteiger partial charge on any atom is -0.370 e. The van der Waals surface area contributed by atoms with E-state index in [0.717, 1.165) is 46.1 Å². The number of aromatic nitrogens is 1.